The van der Waals surface area contributed by atoms with Gasteiger partial charge in [0.2, 0.25) is 0 Å². The smallest absolute Gasteiger partial charge is 0.254 e. The number of nitrogens with zero attached hydrogens (tertiary/aromatic N) is 5. The van der Waals surface area contributed by atoms with Gasteiger partial charge in [-0.05, 0) is 36.8 Å². The lowest BCUT2D eigenvalue weighted by Gasteiger charge is -2.25. The third kappa shape index (κ3) is 3.28. The maximum absolute atomic E-state index is 12.6. The summed E-state index contributed by atoms with van der Waals surface area (Å²) in [4.78, 5) is 22.1. The van der Waals surface area contributed by atoms with E-state index in [1.807, 2.05) is 31.2 Å². The maximum atomic E-state index is 12.6. The Hall–Kier alpha value is -2.73. The first-order valence-corrected chi connectivity index (χ1v) is 7.78. The Morgan fingerprint density at radius 3 is 2.62 bits per heavy atom. The van der Waals surface area contributed by atoms with Crippen molar-refractivity contribution >= 4 is 17.5 Å². The first kappa shape index (κ1) is 16.1. The summed E-state index contributed by atoms with van der Waals surface area (Å²) in [5.41, 5.74) is 2.46. The predicted molar refractivity (Wildman–Crippen MR) is 91.1 cm³/mol. The average molecular weight is 342 g/mol. The zero-order valence-electron chi connectivity index (χ0n) is 13.3. The van der Waals surface area contributed by atoms with Crippen molar-refractivity contribution in [2.45, 2.75) is 13.0 Å². The number of benzene rings is 1. The number of carbonyl (C=O) groups excluding carboxylic acids is 1. The fourth-order valence-corrected chi connectivity index (χ4v) is 2.56. The summed E-state index contributed by atoms with van der Waals surface area (Å²) in [6.07, 6.45) is 4.66. The molecule has 122 valence electrons. The fourth-order valence-electron chi connectivity index (χ4n) is 2.39. The highest BCUT2D eigenvalue weighted by molar-refractivity contribution is 6.29. The molecule has 24 heavy (non-hydrogen) atoms. The van der Waals surface area contributed by atoms with Gasteiger partial charge in [0, 0.05) is 18.8 Å². The second-order valence-electron chi connectivity index (χ2n) is 5.39. The second-order valence-corrected chi connectivity index (χ2v) is 5.78. The van der Waals surface area contributed by atoms with Gasteiger partial charge in [-0.25, -0.2) is 14.6 Å². The molecule has 0 aliphatic heterocycles. The molecule has 1 atom stereocenters. The Kier molecular flexibility index (Phi) is 4.57. The molecule has 0 spiro atoms. The third-order valence-corrected chi connectivity index (χ3v) is 4.14. The van der Waals surface area contributed by atoms with Crippen LogP contribution in [0.5, 0.6) is 0 Å². The van der Waals surface area contributed by atoms with E-state index in [2.05, 4.69) is 15.1 Å². The lowest BCUT2D eigenvalue weighted by molar-refractivity contribution is 0.0742. The quantitative estimate of drug-likeness (QED) is 0.684. The molecule has 3 rings (SSSR count). The van der Waals surface area contributed by atoms with E-state index in [1.54, 1.807) is 35.1 Å². The van der Waals surface area contributed by atoms with Crippen LogP contribution in [-0.2, 0) is 0 Å². The van der Waals surface area contributed by atoms with Crippen LogP contribution in [-0.4, -0.2) is 37.6 Å². The SMILES string of the molecule is CC(c1ccc(-n2cncn2)cc1)N(C)C(=O)c1ccnc(Cl)c1. The lowest BCUT2D eigenvalue weighted by Crippen LogP contribution is -2.29. The second kappa shape index (κ2) is 6.80. The van der Waals surface area contributed by atoms with Crippen molar-refractivity contribution in [3.8, 4) is 5.69 Å². The van der Waals surface area contributed by atoms with Gasteiger partial charge in [-0.2, -0.15) is 5.10 Å². The number of rotatable bonds is 4. The Balaban J connectivity index is 1.78. The van der Waals surface area contributed by atoms with Gasteiger partial charge < -0.3 is 4.90 Å². The Bertz CT molecular complexity index is 832. The monoisotopic (exact) mass is 341 g/mol. The van der Waals surface area contributed by atoms with Crippen LogP contribution in [0, 0.1) is 0 Å². The van der Waals surface area contributed by atoms with Gasteiger partial charge in [0.1, 0.15) is 17.8 Å². The van der Waals surface area contributed by atoms with Crippen LogP contribution in [0.2, 0.25) is 5.15 Å². The summed E-state index contributed by atoms with van der Waals surface area (Å²) in [5.74, 6) is -0.104. The molecule has 1 amide bonds. The highest BCUT2D eigenvalue weighted by atomic mass is 35.5. The van der Waals surface area contributed by atoms with E-state index < -0.39 is 0 Å². The van der Waals surface area contributed by atoms with E-state index in [0.717, 1.165) is 11.3 Å². The number of halogens is 1. The molecule has 0 bridgehead atoms. The van der Waals surface area contributed by atoms with Crippen LogP contribution >= 0.6 is 11.6 Å². The van der Waals surface area contributed by atoms with Crippen molar-refractivity contribution in [3.05, 3.63) is 71.5 Å². The number of hydrogen-bond donors (Lipinski definition) is 0. The van der Waals surface area contributed by atoms with Gasteiger partial charge in [0.15, 0.2) is 0 Å². The minimum absolute atomic E-state index is 0.0887. The van der Waals surface area contributed by atoms with Crippen LogP contribution < -0.4 is 0 Å². The molecule has 0 aliphatic rings. The van der Waals surface area contributed by atoms with E-state index in [0.29, 0.717) is 10.7 Å². The van der Waals surface area contributed by atoms with Gasteiger partial charge in [-0.1, -0.05) is 23.7 Å². The molecule has 1 aromatic carbocycles. The molecule has 7 heteroatoms. The Morgan fingerprint density at radius 2 is 2.00 bits per heavy atom. The molecule has 0 fully saturated rings. The zero-order valence-corrected chi connectivity index (χ0v) is 14.1. The zero-order chi connectivity index (χ0) is 17.1. The normalized spacial score (nSPS) is 12.0. The van der Waals surface area contributed by atoms with Crippen molar-refractivity contribution in [2.75, 3.05) is 7.05 Å². The molecule has 0 radical (unpaired) electrons. The standard InChI is InChI=1S/C17H16ClN5O/c1-12(22(2)17(24)14-7-8-20-16(18)9-14)13-3-5-15(6-4-13)23-11-19-10-21-23/h3-12H,1-2H3. The molecule has 6 nitrogen and oxygen atoms in total. The highest BCUT2D eigenvalue weighted by Gasteiger charge is 2.19. The van der Waals surface area contributed by atoms with Gasteiger partial charge in [0.25, 0.3) is 5.91 Å². The number of hydrogen-bond acceptors (Lipinski definition) is 4. The van der Waals surface area contributed by atoms with E-state index in [1.165, 1.54) is 12.5 Å². The van der Waals surface area contributed by atoms with E-state index >= 15 is 0 Å². The van der Waals surface area contributed by atoms with E-state index in [9.17, 15) is 4.79 Å². The van der Waals surface area contributed by atoms with E-state index in [4.69, 9.17) is 11.6 Å². The number of aromatic nitrogens is 4. The number of pyridine rings is 1. The minimum Gasteiger partial charge on any atom is -0.335 e. The van der Waals surface area contributed by atoms with Gasteiger partial charge in [-0.3, -0.25) is 4.79 Å². The number of carbonyl (C=O) groups is 1. The molecule has 2 heterocycles. The van der Waals surface area contributed by atoms with Crippen molar-refractivity contribution in [3.63, 3.8) is 0 Å². The topological polar surface area (TPSA) is 63.9 Å². The van der Waals surface area contributed by atoms with E-state index in [-0.39, 0.29) is 11.9 Å². The van der Waals surface area contributed by atoms with Crippen LogP contribution in [0.25, 0.3) is 5.69 Å². The molecule has 0 saturated carbocycles. The molecular formula is C17H16ClN5O. The van der Waals surface area contributed by atoms with Crippen LogP contribution in [0.15, 0.2) is 55.2 Å². The van der Waals surface area contributed by atoms with Crippen LogP contribution in [0.1, 0.15) is 28.9 Å². The van der Waals surface area contributed by atoms with Gasteiger partial charge in [0.05, 0.1) is 11.7 Å². The maximum Gasteiger partial charge on any atom is 0.254 e. The Labute approximate surface area is 144 Å². The largest absolute Gasteiger partial charge is 0.335 e. The van der Waals surface area contributed by atoms with Crippen molar-refractivity contribution in [1.29, 1.82) is 0 Å². The fraction of sp³-hybridized carbons (Fsp3) is 0.176. The summed E-state index contributed by atoms with van der Waals surface area (Å²) in [5, 5.41) is 4.40. The molecule has 1 unspecified atom stereocenters. The number of amides is 1. The first-order chi connectivity index (χ1) is 11.6. The summed E-state index contributed by atoms with van der Waals surface area (Å²) in [6, 6.07) is 11.0. The molecular weight excluding hydrogens is 326 g/mol. The molecule has 0 N–H and O–H groups in total. The van der Waals surface area contributed by atoms with Crippen LogP contribution in [0.4, 0.5) is 0 Å². The van der Waals surface area contributed by atoms with Crippen molar-refractivity contribution in [2.24, 2.45) is 0 Å². The summed E-state index contributed by atoms with van der Waals surface area (Å²) in [7, 11) is 1.77. The molecule has 0 saturated heterocycles. The summed E-state index contributed by atoms with van der Waals surface area (Å²) >= 11 is 5.86. The van der Waals surface area contributed by atoms with Gasteiger partial charge >= 0.3 is 0 Å². The average Bonchev–Trinajstić information content (AvgIpc) is 3.14. The predicted octanol–water partition coefficient (Wildman–Crippen LogP) is 3.15. The molecule has 2 aromatic heterocycles. The lowest BCUT2D eigenvalue weighted by atomic mass is 10.1. The highest BCUT2D eigenvalue weighted by Crippen LogP contribution is 2.22. The summed E-state index contributed by atoms with van der Waals surface area (Å²) < 4.78 is 1.68. The summed E-state index contributed by atoms with van der Waals surface area (Å²) in [6.45, 7) is 1.98. The first-order valence-electron chi connectivity index (χ1n) is 7.40. The van der Waals surface area contributed by atoms with Crippen molar-refractivity contribution < 1.29 is 4.79 Å². The van der Waals surface area contributed by atoms with Crippen molar-refractivity contribution in [1.82, 2.24) is 24.6 Å². The Morgan fingerprint density at radius 1 is 1.25 bits per heavy atom. The molecule has 3 aromatic rings. The van der Waals surface area contributed by atoms with Gasteiger partial charge in [-0.15, -0.1) is 0 Å². The minimum atomic E-state index is -0.104. The third-order valence-electron chi connectivity index (χ3n) is 3.93. The molecule has 0 aliphatic carbocycles. The van der Waals surface area contributed by atoms with Crippen LogP contribution in [0.3, 0.4) is 0 Å².